The lowest BCUT2D eigenvalue weighted by atomic mass is 10.1. The minimum absolute atomic E-state index is 0.0652. The number of aryl methyl sites for hydroxylation is 1. The van der Waals surface area contributed by atoms with Crippen LogP contribution in [0.15, 0.2) is 24.3 Å². The van der Waals surface area contributed by atoms with E-state index in [1.807, 2.05) is 24.3 Å². The fraction of sp³-hybridized carbons (Fsp3) is 0.357. The number of likely N-dealkylation sites (N-methyl/N-ethyl adjacent to an activating group) is 1. The third kappa shape index (κ3) is 2.99. The van der Waals surface area contributed by atoms with Crippen molar-refractivity contribution in [3.05, 3.63) is 29.8 Å². The molecule has 0 bridgehead atoms. The van der Waals surface area contributed by atoms with Crippen molar-refractivity contribution in [2.24, 2.45) is 0 Å². The Hall–Kier alpha value is -2.17. The molecule has 1 fully saturated rings. The number of amides is 2. The van der Waals surface area contributed by atoms with Crippen LogP contribution in [-0.2, 0) is 20.8 Å². The molecule has 1 aromatic carbocycles. The highest BCUT2D eigenvalue weighted by molar-refractivity contribution is 6.04. The first-order valence-electron chi connectivity index (χ1n) is 6.18. The van der Waals surface area contributed by atoms with Crippen LogP contribution in [0.2, 0.25) is 0 Å². The number of aldehydes is 1. The predicted octanol–water partition coefficient (Wildman–Crippen LogP) is 0.623. The van der Waals surface area contributed by atoms with Gasteiger partial charge < -0.3 is 14.6 Å². The molecule has 0 aromatic heterocycles. The third-order valence-electron chi connectivity index (χ3n) is 3.19. The molecule has 1 aromatic rings. The number of anilines is 1. The van der Waals surface area contributed by atoms with Crippen LogP contribution in [-0.4, -0.2) is 43.1 Å². The first-order chi connectivity index (χ1) is 9.11. The van der Waals surface area contributed by atoms with Crippen molar-refractivity contribution in [3.63, 3.8) is 0 Å². The molecule has 100 valence electrons. The number of piperazine rings is 1. The van der Waals surface area contributed by atoms with E-state index in [4.69, 9.17) is 0 Å². The van der Waals surface area contributed by atoms with Crippen LogP contribution < -0.4 is 4.90 Å². The van der Waals surface area contributed by atoms with Crippen LogP contribution in [0.1, 0.15) is 12.0 Å². The van der Waals surface area contributed by atoms with E-state index in [-0.39, 0.29) is 24.9 Å². The van der Waals surface area contributed by atoms with Crippen LogP contribution in [0, 0.1) is 0 Å². The van der Waals surface area contributed by atoms with Gasteiger partial charge in [-0.3, -0.25) is 9.59 Å². The van der Waals surface area contributed by atoms with Crippen molar-refractivity contribution in [2.45, 2.75) is 12.8 Å². The Morgan fingerprint density at radius 2 is 1.79 bits per heavy atom. The van der Waals surface area contributed by atoms with E-state index in [1.165, 1.54) is 9.80 Å². The lowest BCUT2D eigenvalue weighted by molar-refractivity contribution is -0.136. The summed E-state index contributed by atoms with van der Waals surface area (Å²) in [5.74, 6) is -0.146. The van der Waals surface area contributed by atoms with Crippen molar-refractivity contribution in [3.8, 4) is 0 Å². The van der Waals surface area contributed by atoms with Crippen molar-refractivity contribution in [1.82, 2.24) is 4.90 Å². The summed E-state index contributed by atoms with van der Waals surface area (Å²) in [6.45, 7) is 0.203. The fourth-order valence-corrected chi connectivity index (χ4v) is 2.02. The maximum atomic E-state index is 11.9. The number of carbonyl (C=O) groups is 3. The Balaban J connectivity index is 2.11. The van der Waals surface area contributed by atoms with Gasteiger partial charge in [0.15, 0.2) is 0 Å². The Bertz CT molecular complexity index is 496. The molecular weight excluding hydrogens is 244 g/mol. The van der Waals surface area contributed by atoms with Gasteiger partial charge in [-0.25, -0.2) is 0 Å². The zero-order valence-corrected chi connectivity index (χ0v) is 10.8. The van der Waals surface area contributed by atoms with Crippen molar-refractivity contribution >= 4 is 23.8 Å². The third-order valence-corrected chi connectivity index (χ3v) is 3.19. The highest BCUT2D eigenvalue weighted by Crippen LogP contribution is 2.18. The number of carbonyl (C=O) groups excluding carboxylic acids is 3. The van der Waals surface area contributed by atoms with Crippen LogP contribution in [0.25, 0.3) is 0 Å². The molecule has 0 spiro atoms. The Kier molecular flexibility index (Phi) is 3.94. The Morgan fingerprint density at radius 3 is 2.42 bits per heavy atom. The summed E-state index contributed by atoms with van der Waals surface area (Å²) < 4.78 is 0. The van der Waals surface area contributed by atoms with Gasteiger partial charge >= 0.3 is 0 Å². The maximum Gasteiger partial charge on any atom is 0.247 e. The van der Waals surface area contributed by atoms with E-state index in [1.54, 1.807) is 7.05 Å². The number of benzene rings is 1. The van der Waals surface area contributed by atoms with E-state index >= 15 is 0 Å². The standard InChI is InChI=1S/C14H16N2O3/c1-15-9-14(19)16(10-13(15)18)12-6-4-11(5-7-12)3-2-8-17/h4-8H,2-3,9-10H2,1H3. The molecule has 1 aliphatic rings. The second-order valence-electron chi connectivity index (χ2n) is 4.60. The zero-order valence-electron chi connectivity index (χ0n) is 10.8. The van der Waals surface area contributed by atoms with Crippen LogP contribution in [0.5, 0.6) is 0 Å². The van der Waals surface area contributed by atoms with Gasteiger partial charge in [0.2, 0.25) is 11.8 Å². The van der Waals surface area contributed by atoms with Gasteiger partial charge in [0.05, 0.1) is 6.54 Å². The minimum Gasteiger partial charge on any atom is -0.335 e. The molecule has 1 heterocycles. The quantitative estimate of drug-likeness (QED) is 0.746. The highest BCUT2D eigenvalue weighted by Gasteiger charge is 2.28. The van der Waals surface area contributed by atoms with Gasteiger partial charge in [-0.15, -0.1) is 0 Å². The number of nitrogens with zero attached hydrogens (tertiary/aromatic N) is 2. The topological polar surface area (TPSA) is 57.7 Å². The van der Waals surface area contributed by atoms with E-state index in [0.29, 0.717) is 12.8 Å². The van der Waals surface area contributed by atoms with Crippen molar-refractivity contribution in [1.29, 1.82) is 0 Å². The molecule has 0 atom stereocenters. The first kappa shape index (κ1) is 13.3. The van der Waals surface area contributed by atoms with Gasteiger partial charge in [0.25, 0.3) is 0 Å². The van der Waals surface area contributed by atoms with Gasteiger partial charge in [-0.05, 0) is 24.1 Å². The van der Waals surface area contributed by atoms with Gasteiger partial charge in [-0.1, -0.05) is 12.1 Å². The maximum absolute atomic E-state index is 11.9. The van der Waals surface area contributed by atoms with Crippen LogP contribution in [0.4, 0.5) is 5.69 Å². The molecule has 0 unspecified atom stereocenters. The molecule has 5 nitrogen and oxygen atoms in total. The summed E-state index contributed by atoms with van der Waals surface area (Å²) >= 11 is 0. The molecule has 0 N–H and O–H groups in total. The fourth-order valence-electron chi connectivity index (χ4n) is 2.02. The SMILES string of the molecule is CN1CC(=O)N(c2ccc(CCC=O)cc2)CC1=O. The summed E-state index contributed by atoms with van der Waals surface area (Å²) in [5.41, 5.74) is 1.77. The monoisotopic (exact) mass is 260 g/mol. The van der Waals surface area contributed by atoms with Gasteiger partial charge in [-0.2, -0.15) is 0 Å². The Labute approximate surface area is 111 Å². The number of hydrogen-bond donors (Lipinski definition) is 0. The minimum atomic E-state index is -0.0808. The average Bonchev–Trinajstić information content (AvgIpc) is 2.41. The summed E-state index contributed by atoms with van der Waals surface area (Å²) in [6.07, 6.45) is 2.07. The number of hydrogen-bond acceptors (Lipinski definition) is 3. The van der Waals surface area contributed by atoms with E-state index in [9.17, 15) is 14.4 Å². The summed E-state index contributed by atoms with van der Waals surface area (Å²) in [4.78, 5) is 36.7. The normalized spacial score (nSPS) is 15.8. The molecule has 2 amide bonds. The number of rotatable bonds is 4. The van der Waals surface area contributed by atoms with E-state index in [0.717, 1.165) is 17.5 Å². The zero-order chi connectivity index (χ0) is 13.8. The second-order valence-corrected chi connectivity index (χ2v) is 4.60. The summed E-state index contributed by atoms with van der Waals surface area (Å²) in [5, 5.41) is 0. The smallest absolute Gasteiger partial charge is 0.247 e. The van der Waals surface area contributed by atoms with Gasteiger partial charge in [0.1, 0.15) is 12.8 Å². The largest absolute Gasteiger partial charge is 0.335 e. The molecule has 0 radical (unpaired) electrons. The Morgan fingerprint density at radius 1 is 1.11 bits per heavy atom. The summed E-state index contributed by atoms with van der Waals surface area (Å²) in [6, 6.07) is 7.40. The highest BCUT2D eigenvalue weighted by atomic mass is 16.2. The van der Waals surface area contributed by atoms with E-state index in [2.05, 4.69) is 0 Å². The first-order valence-corrected chi connectivity index (χ1v) is 6.18. The molecule has 1 saturated heterocycles. The molecule has 19 heavy (non-hydrogen) atoms. The average molecular weight is 260 g/mol. The van der Waals surface area contributed by atoms with Gasteiger partial charge in [0, 0.05) is 19.2 Å². The molecule has 0 saturated carbocycles. The molecule has 0 aliphatic carbocycles. The van der Waals surface area contributed by atoms with Crippen LogP contribution >= 0.6 is 0 Å². The predicted molar refractivity (Wildman–Crippen MR) is 70.8 cm³/mol. The summed E-state index contributed by atoms with van der Waals surface area (Å²) in [7, 11) is 1.63. The second kappa shape index (κ2) is 5.65. The lowest BCUT2D eigenvalue weighted by Gasteiger charge is -2.31. The van der Waals surface area contributed by atoms with E-state index < -0.39 is 0 Å². The lowest BCUT2D eigenvalue weighted by Crippen LogP contribution is -2.52. The molecule has 1 aliphatic heterocycles. The molecule has 5 heteroatoms. The molecular formula is C14H16N2O3. The van der Waals surface area contributed by atoms with Crippen molar-refractivity contribution < 1.29 is 14.4 Å². The molecule has 2 rings (SSSR count). The van der Waals surface area contributed by atoms with Crippen LogP contribution in [0.3, 0.4) is 0 Å². The van der Waals surface area contributed by atoms with Crippen molar-refractivity contribution in [2.75, 3.05) is 25.0 Å².